The molecule has 0 radical (unpaired) electrons. The van der Waals surface area contributed by atoms with Crippen molar-refractivity contribution in [3.8, 4) is 11.1 Å². The van der Waals surface area contributed by atoms with Crippen LogP contribution in [0.15, 0.2) is 72.0 Å². The number of hydrogen-bond acceptors (Lipinski definition) is 4. The molecule has 0 amide bonds. The Morgan fingerprint density at radius 2 is 1.86 bits per heavy atom. The van der Waals surface area contributed by atoms with E-state index in [4.69, 9.17) is 10.7 Å². The number of pyridine rings is 1. The molecule has 0 spiro atoms. The number of nitrogens with zero attached hydrogens (tertiary/aromatic N) is 2. The minimum Gasteiger partial charge on any atom is -0.391 e. The summed E-state index contributed by atoms with van der Waals surface area (Å²) >= 11 is 0. The number of hydrogen-bond donors (Lipinski definition) is 1. The van der Waals surface area contributed by atoms with Gasteiger partial charge in [-0.2, -0.15) is 19.1 Å². The van der Waals surface area contributed by atoms with Gasteiger partial charge in [0.2, 0.25) is 5.90 Å². The fourth-order valence-electron chi connectivity index (χ4n) is 2.81. The zero-order valence-electron chi connectivity index (χ0n) is 15.1. The predicted octanol–water partition coefficient (Wildman–Crippen LogP) is 4.91. The van der Waals surface area contributed by atoms with Crippen molar-refractivity contribution in [1.29, 1.82) is 0 Å². The number of aliphatic imine (C=N–C) groups is 1. The molecule has 28 heavy (non-hydrogen) atoms. The van der Waals surface area contributed by atoms with E-state index in [1.54, 1.807) is 48.8 Å². The highest BCUT2D eigenvalue weighted by molar-refractivity contribution is 5.95. The summed E-state index contributed by atoms with van der Waals surface area (Å²) < 4.78 is 41.0. The Morgan fingerprint density at radius 1 is 1.11 bits per heavy atom. The number of halogens is 3. The van der Waals surface area contributed by atoms with E-state index in [2.05, 4.69) is 9.98 Å². The Bertz CT molecular complexity index is 986. The molecule has 0 saturated carbocycles. The summed E-state index contributed by atoms with van der Waals surface area (Å²) in [6, 6.07) is 14.1. The lowest BCUT2D eigenvalue weighted by molar-refractivity contribution is -0.137. The van der Waals surface area contributed by atoms with E-state index in [0.29, 0.717) is 5.56 Å². The Labute approximate surface area is 160 Å². The summed E-state index contributed by atoms with van der Waals surface area (Å²) in [5.41, 5.74) is 1.72. The van der Waals surface area contributed by atoms with E-state index in [9.17, 15) is 13.2 Å². The molecule has 2 N–H and O–H groups in total. The van der Waals surface area contributed by atoms with E-state index in [0.717, 1.165) is 17.2 Å². The van der Waals surface area contributed by atoms with Crippen molar-refractivity contribution < 1.29 is 18.0 Å². The molecule has 1 aromatic heterocycles. The molecule has 144 valence electrons. The molecule has 0 aliphatic heterocycles. The van der Waals surface area contributed by atoms with Crippen LogP contribution in [0.25, 0.3) is 11.1 Å². The van der Waals surface area contributed by atoms with Crippen LogP contribution in [-0.4, -0.2) is 10.9 Å². The maximum Gasteiger partial charge on any atom is 0.417 e. The number of alkyl halides is 3. The van der Waals surface area contributed by atoms with Gasteiger partial charge < -0.3 is 4.84 Å². The maximum absolute atomic E-state index is 13.7. The summed E-state index contributed by atoms with van der Waals surface area (Å²) in [7, 11) is 0. The van der Waals surface area contributed by atoms with Crippen LogP contribution in [-0.2, 0) is 17.6 Å². The highest BCUT2D eigenvalue weighted by atomic mass is 19.4. The molecule has 3 aromatic rings. The third-order valence-electron chi connectivity index (χ3n) is 4.30. The van der Waals surface area contributed by atoms with Crippen LogP contribution >= 0.6 is 0 Å². The van der Waals surface area contributed by atoms with Gasteiger partial charge in [-0.3, -0.25) is 4.98 Å². The Kier molecular flexibility index (Phi) is 5.75. The van der Waals surface area contributed by atoms with Crippen molar-refractivity contribution in [1.82, 2.24) is 4.98 Å². The molecule has 0 bridgehead atoms. The molecule has 0 fully saturated rings. The summed E-state index contributed by atoms with van der Waals surface area (Å²) in [5.74, 6) is 5.22. The zero-order valence-corrected chi connectivity index (χ0v) is 15.1. The molecule has 0 saturated heterocycles. The first-order valence-corrected chi connectivity index (χ1v) is 8.48. The van der Waals surface area contributed by atoms with Crippen molar-refractivity contribution in [3.63, 3.8) is 0 Å². The van der Waals surface area contributed by atoms with Crippen LogP contribution in [0.2, 0.25) is 0 Å². The number of nitrogens with two attached hydrogens (primary N) is 1. The van der Waals surface area contributed by atoms with Crippen LogP contribution in [0.5, 0.6) is 0 Å². The second kappa shape index (κ2) is 8.22. The van der Waals surface area contributed by atoms with E-state index in [1.807, 2.05) is 6.92 Å². The molecule has 0 aliphatic carbocycles. The topological polar surface area (TPSA) is 60.5 Å². The lowest BCUT2D eigenvalue weighted by Gasteiger charge is -2.15. The van der Waals surface area contributed by atoms with Crippen molar-refractivity contribution in [2.45, 2.75) is 19.6 Å². The largest absolute Gasteiger partial charge is 0.417 e. The van der Waals surface area contributed by atoms with Gasteiger partial charge in [-0.25, -0.2) is 4.99 Å². The number of aromatic nitrogens is 1. The van der Waals surface area contributed by atoms with Crippen molar-refractivity contribution in [2.75, 3.05) is 0 Å². The van der Waals surface area contributed by atoms with E-state index < -0.39 is 11.7 Å². The molecular weight excluding hydrogens is 367 g/mol. The first kappa shape index (κ1) is 19.6. The SMILES string of the molecule is Cc1cnccc1CN=C(ON)c1ccc(-c2ccccc2)c(C(F)(F)F)c1. The van der Waals surface area contributed by atoms with Gasteiger partial charge in [-0.05, 0) is 47.4 Å². The van der Waals surface area contributed by atoms with E-state index >= 15 is 0 Å². The van der Waals surface area contributed by atoms with Gasteiger partial charge in [-0.1, -0.05) is 36.4 Å². The normalized spacial score (nSPS) is 12.1. The number of rotatable bonds is 4. The minimum atomic E-state index is -4.54. The second-order valence-corrected chi connectivity index (χ2v) is 6.17. The zero-order chi connectivity index (χ0) is 20.1. The van der Waals surface area contributed by atoms with Gasteiger partial charge in [0, 0.05) is 18.0 Å². The van der Waals surface area contributed by atoms with Gasteiger partial charge in [0.05, 0.1) is 12.1 Å². The van der Waals surface area contributed by atoms with Gasteiger partial charge in [0.15, 0.2) is 0 Å². The van der Waals surface area contributed by atoms with Gasteiger partial charge in [-0.15, -0.1) is 0 Å². The fourth-order valence-corrected chi connectivity index (χ4v) is 2.81. The highest BCUT2D eigenvalue weighted by Gasteiger charge is 2.34. The molecule has 0 atom stereocenters. The predicted molar refractivity (Wildman–Crippen MR) is 101 cm³/mol. The Morgan fingerprint density at radius 3 is 2.50 bits per heavy atom. The summed E-state index contributed by atoms with van der Waals surface area (Å²) in [4.78, 5) is 13.0. The van der Waals surface area contributed by atoms with E-state index in [1.165, 1.54) is 12.1 Å². The molecule has 0 aliphatic rings. The standard InChI is InChI=1S/C21H18F3N3O/c1-14-12-26-10-9-17(14)13-27-20(28-25)16-7-8-18(15-5-3-2-4-6-15)19(11-16)21(22,23)24/h2-12H,13,25H2,1H3. The smallest absolute Gasteiger partial charge is 0.391 e. The van der Waals surface area contributed by atoms with Gasteiger partial charge >= 0.3 is 6.18 Å². The van der Waals surface area contributed by atoms with Crippen LogP contribution in [0.4, 0.5) is 13.2 Å². The van der Waals surface area contributed by atoms with Gasteiger partial charge in [0.25, 0.3) is 0 Å². The number of aryl methyl sites for hydroxylation is 1. The summed E-state index contributed by atoms with van der Waals surface area (Å²) in [6.07, 6.45) is -1.23. The third kappa shape index (κ3) is 4.37. The molecule has 2 aromatic carbocycles. The molecule has 7 heteroatoms. The Balaban J connectivity index is 2.01. The molecule has 1 heterocycles. The lowest BCUT2D eigenvalue weighted by Crippen LogP contribution is -2.15. The van der Waals surface area contributed by atoms with Gasteiger partial charge in [0.1, 0.15) is 0 Å². The van der Waals surface area contributed by atoms with Crippen molar-refractivity contribution in [2.24, 2.45) is 10.9 Å². The van der Waals surface area contributed by atoms with Crippen molar-refractivity contribution in [3.05, 3.63) is 89.2 Å². The molecular formula is C21H18F3N3O. The Hall–Kier alpha value is -3.19. The van der Waals surface area contributed by atoms with Crippen LogP contribution in [0.3, 0.4) is 0 Å². The minimum absolute atomic E-state index is 0.0682. The maximum atomic E-state index is 13.7. The second-order valence-electron chi connectivity index (χ2n) is 6.17. The lowest BCUT2D eigenvalue weighted by atomic mass is 9.97. The number of benzene rings is 2. The highest BCUT2D eigenvalue weighted by Crippen LogP contribution is 2.37. The average molecular weight is 385 g/mol. The molecule has 3 rings (SSSR count). The molecule has 0 unspecified atom stereocenters. The first-order chi connectivity index (χ1) is 13.4. The fraction of sp³-hybridized carbons (Fsp3) is 0.143. The monoisotopic (exact) mass is 385 g/mol. The van der Waals surface area contributed by atoms with Crippen molar-refractivity contribution >= 4 is 5.90 Å². The molecule has 4 nitrogen and oxygen atoms in total. The average Bonchev–Trinajstić information content (AvgIpc) is 2.69. The summed E-state index contributed by atoms with van der Waals surface area (Å²) in [6.45, 7) is 2.08. The quantitative estimate of drug-likeness (QED) is 0.394. The first-order valence-electron chi connectivity index (χ1n) is 8.48. The van der Waals surface area contributed by atoms with Crippen LogP contribution < -0.4 is 5.90 Å². The van der Waals surface area contributed by atoms with Crippen LogP contribution in [0, 0.1) is 6.92 Å². The third-order valence-corrected chi connectivity index (χ3v) is 4.30. The van der Waals surface area contributed by atoms with Crippen LogP contribution in [0.1, 0.15) is 22.3 Å². The van der Waals surface area contributed by atoms with E-state index in [-0.39, 0.29) is 23.6 Å². The summed E-state index contributed by atoms with van der Waals surface area (Å²) in [5, 5.41) is 0.